The van der Waals surface area contributed by atoms with Crippen molar-refractivity contribution < 1.29 is 14.4 Å². The van der Waals surface area contributed by atoms with E-state index in [1.165, 1.54) is 4.90 Å². The van der Waals surface area contributed by atoms with Gasteiger partial charge in [0.15, 0.2) is 0 Å². The molecule has 1 spiro atoms. The zero-order valence-electron chi connectivity index (χ0n) is 17.8. The minimum atomic E-state index is -1.13. The SMILES string of the molecule is Cc1c(Cl)ccc2c1NC(=O)C21C2C(=O)N(CCc3ccccc3)C(=O)C2C2CCCN21. The molecule has 2 aromatic rings. The number of likely N-dealkylation sites (tertiary alicyclic amines) is 1. The summed E-state index contributed by atoms with van der Waals surface area (Å²) in [6.07, 6.45) is 2.34. The second-order valence-corrected chi connectivity index (χ2v) is 9.69. The number of imide groups is 1. The monoisotopic (exact) mass is 449 g/mol. The number of anilines is 1. The van der Waals surface area contributed by atoms with E-state index in [1.807, 2.05) is 43.3 Å². The van der Waals surface area contributed by atoms with Crippen LogP contribution in [-0.2, 0) is 26.3 Å². The summed E-state index contributed by atoms with van der Waals surface area (Å²) in [6, 6.07) is 13.4. The van der Waals surface area contributed by atoms with Gasteiger partial charge in [-0.05, 0) is 49.9 Å². The van der Waals surface area contributed by atoms with Crippen LogP contribution in [0.2, 0.25) is 5.02 Å². The summed E-state index contributed by atoms with van der Waals surface area (Å²) in [5.74, 6) is -1.73. The second kappa shape index (κ2) is 6.90. The molecule has 3 amide bonds. The van der Waals surface area contributed by atoms with Gasteiger partial charge in [0, 0.05) is 23.2 Å². The molecule has 7 heteroatoms. The van der Waals surface area contributed by atoms with E-state index in [0.717, 1.165) is 29.5 Å². The zero-order valence-corrected chi connectivity index (χ0v) is 18.6. The first-order valence-corrected chi connectivity index (χ1v) is 11.6. The van der Waals surface area contributed by atoms with Crippen LogP contribution in [0.3, 0.4) is 0 Å². The van der Waals surface area contributed by atoms with Crippen LogP contribution >= 0.6 is 11.6 Å². The van der Waals surface area contributed by atoms with Gasteiger partial charge in [-0.2, -0.15) is 0 Å². The van der Waals surface area contributed by atoms with Crippen molar-refractivity contribution in [3.05, 3.63) is 64.2 Å². The lowest BCUT2D eigenvalue weighted by atomic mass is 9.75. The number of carbonyl (C=O) groups excluding carboxylic acids is 3. The molecule has 0 saturated carbocycles. The number of nitrogens with one attached hydrogen (secondary N) is 1. The molecule has 32 heavy (non-hydrogen) atoms. The van der Waals surface area contributed by atoms with Crippen molar-refractivity contribution in [2.45, 2.75) is 37.8 Å². The van der Waals surface area contributed by atoms with E-state index in [0.29, 0.717) is 30.2 Å². The highest BCUT2D eigenvalue weighted by Gasteiger charge is 2.74. The number of rotatable bonds is 3. The molecule has 6 nitrogen and oxygen atoms in total. The summed E-state index contributed by atoms with van der Waals surface area (Å²) in [7, 11) is 0. The van der Waals surface area contributed by atoms with E-state index >= 15 is 0 Å². The van der Waals surface area contributed by atoms with Crippen molar-refractivity contribution in [2.75, 3.05) is 18.4 Å². The smallest absolute Gasteiger partial charge is 0.250 e. The lowest BCUT2D eigenvalue weighted by Crippen LogP contribution is -2.54. The third-order valence-electron chi connectivity index (χ3n) is 7.92. The first-order valence-electron chi connectivity index (χ1n) is 11.2. The molecule has 164 valence electrons. The number of benzene rings is 2. The van der Waals surface area contributed by atoms with Crippen LogP contribution in [0.1, 0.15) is 29.5 Å². The Morgan fingerprint density at radius 2 is 1.88 bits per heavy atom. The third-order valence-corrected chi connectivity index (χ3v) is 8.33. The molecular weight excluding hydrogens is 426 g/mol. The lowest BCUT2D eigenvalue weighted by Gasteiger charge is -2.36. The van der Waals surface area contributed by atoms with Gasteiger partial charge < -0.3 is 5.32 Å². The average molecular weight is 450 g/mol. The van der Waals surface area contributed by atoms with Gasteiger partial charge in [-0.25, -0.2) is 0 Å². The van der Waals surface area contributed by atoms with E-state index in [2.05, 4.69) is 10.2 Å². The molecule has 0 radical (unpaired) electrons. The predicted molar refractivity (Wildman–Crippen MR) is 120 cm³/mol. The number of hydrogen-bond donors (Lipinski definition) is 1. The lowest BCUT2D eigenvalue weighted by molar-refractivity contribution is -0.145. The standard InChI is InChI=1S/C25H24ClN3O3/c1-14-17(26)10-9-16-21(14)27-24(32)25(16)20-19(18-8-5-12-29(18)25)22(30)28(23(20)31)13-11-15-6-3-2-4-7-15/h2-4,6-7,9-10,18-20H,5,8,11-13H2,1H3,(H,27,32). The zero-order chi connectivity index (χ0) is 22.2. The van der Waals surface area contributed by atoms with Crippen LogP contribution in [0, 0.1) is 18.8 Å². The number of fused-ring (bicyclic) bond motifs is 7. The number of nitrogens with zero attached hydrogens (tertiary/aromatic N) is 2. The van der Waals surface area contributed by atoms with Crippen LogP contribution < -0.4 is 5.32 Å². The van der Waals surface area contributed by atoms with E-state index in [-0.39, 0.29) is 23.8 Å². The van der Waals surface area contributed by atoms with Gasteiger partial charge in [-0.1, -0.05) is 48.0 Å². The molecule has 4 atom stereocenters. The first-order chi connectivity index (χ1) is 15.5. The first kappa shape index (κ1) is 19.9. The molecule has 0 aromatic heterocycles. The van der Waals surface area contributed by atoms with Gasteiger partial charge in [-0.3, -0.25) is 24.2 Å². The fourth-order valence-corrected chi connectivity index (χ4v) is 6.71. The van der Waals surface area contributed by atoms with Gasteiger partial charge in [-0.15, -0.1) is 0 Å². The van der Waals surface area contributed by atoms with E-state index in [1.54, 1.807) is 6.07 Å². The normalized spacial score (nSPS) is 30.8. The minimum Gasteiger partial charge on any atom is -0.324 e. The molecule has 6 rings (SSSR count). The molecule has 3 fully saturated rings. The van der Waals surface area contributed by atoms with Crippen molar-refractivity contribution in [2.24, 2.45) is 11.8 Å². The molecule has 4 aliphatic heterocycles. The van der Waals surface area contributed by atoms with Crippen LogP contribution in [0.5, 0.6) is 0 Å². The topological polar surface area (TPSA) is 69.7 Å². The summed E-state index contributed by atoms with van der Waals surface area (Å²) >= 11 is 6.34. The number of halogens is 1. The quantitative estimate of drug-likeness (QED) is 0.731. The van der Waals surface area contributed by atoms with Gasteiger partial charge >= 0.3 is 0 Å². The highest BCUT2D eigenvalue weighted by atomic mass is 35.5. The summed E-state index contributed by atoms with van der Waals surface area (Å²) in [5.41, 5.74) is 2.22. The maximum absolute atomic E-state index is 13.8. The van der Waals surface area contributed by atoms with Gasteiger partial charge in [0.2, 0.25) is 17.7 Å². The van der Waals surface area contributed by atoms with Crippen LogP contribution in [-0.4, -0.2) is 46.7 Å². The number of carbonyl (C=O) groups is 3. The molecule has 2 aromatic carbocycles. The molecule has 0 bridgehead atoms. The van der Waals surface area contributed by atoms with Crippen molar-refractivity contribution in [1.82, 2.24) is 9.80 Å². The molecule has 4 unspecified atom stereocenters. The maximum Gasteiger partial charge on any atom is 0.250 e. The summed E-state index contributed by atoms with van der Waals surface area (Å²) < 4.78 is 0. The molecule has 4 heterocycles. The Morgan fingerprint density at radius 3 is 2.66 bits per heavy atom. The van der Waals surface area contributed by atoms with Crippen LogP contribution in [0.4, 0.5) is 5.69 Å². The van der Waals surface area contributed by atoms with E-state index in [9.17, 15) is 14.4 Å². The minimum absolute atomic E-state index is 0.0918. The Morgan fingerprint density at radius 1 is 1.09 bits per heavy atom. The molecule has 4 aliphatic rings. The van der Waals surface area contributed by atoms with Gasteiger partial charge in [0.05, 0.1) is 17.5 Å². The highest BCUT2D eigenvalue weighted by Crippen LogP contribution is 2.61. The van der Waals surface area contributed by atoms with E-state index in [4.69, 9.17) is 11.6 Å². The van der Waals surface area contributed by atoms with Crippen molar-refractivity contribution >= 4 is 35.0 Å². The number of hydrogen-bond acceptors (Lipinski definition) is 4. The molecule has 1 N–H and O–H groups in total. The van der Waals surface area contributed by atoms with Crippen molar-refractivity contribution in [3.8, 4) is 0 Å². The summed E-state index contributed by atoms with van der Waals surface area (Å²) in [6.45, 7) is 2.92. The third kappa shape index (κ3) is 2.37. The fraction of sp³-hybridized carbons (Fsp3) is 0.400. The van der Waals surface area contributed by atoms with Crippen molar-refractivity contribution in [1.29, 1.82) is 0 Å². The summed E-state index contributed by atoms with van der Waals surface area (Å²) in [4.78, 5) is 44.6. The molecule has 0 aliphatic carbocycles. The van der Waals surface area contributed by atoms with E-state index < -0.39 is 17.4 Å². The highest BCUT2D eigenvalue weighted by molar-refractivity contribution is 6.32. The Hall–Kier alpha value is -2.70. The average Bonchev–Trinajstić information content (AvgIpc) is 3.50. The Bertz CT molecular complexity index is 1170. The number of amides is 3. The van der Waals surface area contributed by atoms with Crippen LogP contribution in [0.25, 0.3) is 0 Å². The van der Waals surface area contributed by atoms with Gasteiger partial charge in [0.1, 0.15) is 5.54 Å². The summed E-state index contributed by atoms with van der Waals surface area (Å²) in [5, 5.41) is 3.60. The molecular formula is C25H24ClN3O3. The van der Waals surface area contributed by atoms with Crippen LogP contribution in [0.15, 0.2) is 42.5 Å². The molecule has 3 saturated heterocycles. The fourth-order valence-electron chi connectivity index (χ4n) is 6.56. The maximum atomic E-state index is 13.8. The Balaban J connectivity index is 1.44. The second-order valence-electron chi connectivity index (χ2n) is 9.29. The Kier molecular flexibility index (Phi) is 4.30. The Labute approximate surface area is 191 Å². The van der Waals surface area contributed by atoms with Crippen molar-refractivity contribution in [3.63, 3.8) is 0 Å². The largest absolute Gasteiger partial charge is 0.324 e. The predicted octanol–water partition coefficient (Wildman–Crippen LogP) is 3.12. The van der Waals surface area contributed by atoms with Gasteiger partial charge in [0.25, 0.3) is 0 Å².